The summed E-state index contributed by atoms with van der Waals surface area (Å²) in [5, 5.41) is 5.28. The Morgan fingerprint density at radius 3 is 2.74 bits per heavy atom. The molecule has 0 bridgehead atoms. The van der Waals surface area contributed by atoms with Crippen LogP contribution in [0.25, 0.3) is 0 Å². The Morgan fingerprint density at radius 2 is 2.16 bits per heavy atom. The number of hydrogen-bond acceptors (Lipinski definition) is 3. The van der Waals surface area contributed by atoms with Crippen molar-refractivity contribution >= 4 is 27.5 Å². The van der Waals surface area contributed by atoms with Crippen molar-refractivity contribution in [3.63, 3.8) is 0 Å². The highest BCUT2D eigenvalue weighted by molar-refractivity contribution is 9.10. The zero-order valence-corrected chi connectivity index (χ0v) is 12.2. The maximum Gasteiger partial charge on any atom is 0.239 e. The zero-order chi connectivity index (χ0) is 14.4. The molecule has 1 unspecified atom stereocenters. The largest absolute Gasteiger partial charge is 0.383 e. The zero-order valence-electron chi connectivity index (χ0n) is 10.6. The lowest BCUT2D eigenvalue weighted by Crippen LogP contribution is -2.39. The van der Waals surface area contributed by atoms with Crippen LogP contribution in [0.1, 0.15) is 6.92 Å². The average Bonchev–Trinajstić information content (AvgIpc) is 2.27. The summed E-state index contributed by atoms with van der Waals surface area (Å²) in [5.41, 5.74) is 0.0518. The number of halogens is 3. The summed E-state index contributed by atoms with van der Waals surface area (Å²) in [6, 6.07) is 1.73. The van der Waals surface area contributed by atoms with E-state index >= 15 is 0 Å². The summed E-state index contributed by atoms with van der Waals surface area (Å²) >= 11 is 3.03. The number of methoxy groups -OCH3 is 1. The molecule has 0 spiro atoms. The van der Waals surface area contributed by atoms with Gasteiger partial charge in [-0.05, 0) is 28.9 Å². The molecule has 4 nitrogen and oxygen atoms in total. The fourth-order valence-electron chi connectivity index (χ4n) is 1.50. The van der Waals surface area contributed by atoms with Crippen molar-refractivity contribution in [1.29, 1.82) is 0 Å². The normalized spacial score (nSPS) is 12.1. The van der Waals surface area contributed by atoms with E-state index in [0.29, 0.717) is 6.61 Å². The molecule has 0 aliphatic carbocycles. The van der Waals surface area contributed by atoms with E-state index < -0.39 is 11.6 Å². The van der Waals surface area contributed by atoms with Crippen LogP contribution in [0, 0.1) is 11.6 Å². The molecule has 1 atom stereocenters. The number of ether oxygens (including phenoxy) is 1. The van der Waals surface area contributed by atoms with Gasteiger partial charge >= 0.3 is 0 Å². The molecule has 0 heterocycles. The van der Waals surface area contributed by atoms with Gasteiger partial charge in [-0.25, -0.2) is 8.78 Å². The standard InChI is InChI=1S/C12H15BrF2N2O2/c1-7(6-19-2)17-11(18)5-16-12-9(13)3-8(14)4-10(12)15/h3-4,7,16H,5-6H2,1-2H3,(H,17,18). The summed E-state index contributed by atoms with van der Waals surface area (Å²) in [6.07, 6.45) is 0. The van der Waals surface area contributed by atoms with E-state index in [4.69, 9.17) is 4.74 Å². The fourth-order valence-corrected chi connectivity index (χ4v) is 2.05. The molecule has 1 amide bonds. The van der Waals surface area contributed by atoms with Crippen molar-refractivity contribution in [2.24, 2.45) is 0 Å². The summed E-state index contributed by atoms with van der Waals surface area (Å²) in [7, 11) is 1.53. The van der Waals surface area contributed by atoms with Crippen molar-refractivity contribution in [2.45, 2.75) is 13.0 Å². The van der Waals surface area contributed by atoms with Crippen molar-refractivity contribution in [2.75, 3.05) is 25.6 Å². The van der Waals surface area contributed by atoms with Crippen LogP contribution in [-0.2, 0) is 9.53 Å². The number of nitrogens with one attached hydrogen (secondary N) is 2. The maximum absolute atomic E-state index is 13.5. The van der Waals surface area contributed by atoms with Gasteiger partial charge in [0.1, 0.15) is 11.6 Å². The van der Waals surface area contributed by atoms with E-state index in [9.17, 15) is 13.6 Å². The van der Waals surface area contributed by atoms with Gasteiger partial charge in [-0.1, -0.05) is 0 Å². The molecule has 2 N–H and O–H groups in total. The molecule has 1 aromatic rings. The fraction of sp³-hybridized carbons (Fsp3) is 0.417. The lowest BCUT2D eigenvalue weighted by atomic mass is 10.3. The van der Waals surface area contributed by atoms with Crippen LogP contribution >= 0.6 is 15.9 Å². The topological polar surface area (TPSA) is 50.4 Å². The molecule has 1 rings (SSSR count). The second kappa shape index (κ2) is 7.40. The van der Waals surface area contributed by atoms with Gasteiger partial charge < -0.3 is 15.4 Å². The highest BCUT2D eigenvalue weighted by Crippen LogP contribution is 2.26. The lowest BCUT2D eigenvalue weighted by molar-refractivity contribution is -0.120. The van der Waals surface area contributed by atoms with E-state index in [0.717, 1.165) is 12.1 Å². The number of rotatable bonds is 6. The highest BCUT2D eigenvalue weighted by Gasteiger charge is 2.12. The highest BCUT2D eigenvalue weighted by atomic mass is 79.9. The summed E-state index contributed by atoms with van der Waals surface area (Å²) in [6.45, 7) is 2.06. The van der Waals surface area contributed by atoms with Gasteiger partial charge in [-0.2, -0.15) is 0 Å². The molecule has 1 aromatic carbocycles. The van der Waals surface area contributed by atoms with Crippen LogP contribution in [-0.4, -0.2) is 32.2 Å². The first-order valence-electron chi connectivity index (χ1n) is 5.60. The van der Waals surface area contributed by atoms with Gasteiger partial charge in [0.2, 0.25) is 5.91 Å². The Bertz CT molecular complexity index is 434. The van der Waals surface area contributed by atoms with Crippen molar-refractivity contribution < 1.29 is 18.3 Å². The average molecular weight is 337 g/mol. The minimum Gasteiger partial charge on any atom is -0.383 e. The summed E-state index contributed by atoms with van der Waals surface area (Å²) in [5.74, 6) is -1.75. The summed E-state index contributed by atoms with van der Waals surface area (Å²) < 4.78 is 31.4. The molecule has 0 aliphatic heterocycles. The van der Waals surface area contributed by atoms with Gasteiger partial charge in [0.05, 0.1) is 18.8 Å². The number of carbonyl (C=O) groups is 1. The molecule has 0 aromatic heterocycles. The Labute approximate surface area is 118 Å². The van der Waals surface area contributed by atoms with Gasteiger partial charge in [-0.3, -0.25) is 4.79 Å². The van der Waals surface area contributed by atoms with Gasteiger partial charge in [0.15, 0.2) is 0 Å². The van der Waals surface area contributed by atoms with Gasteiger partial charge in [-0.15, -0.1) is 0 Å². The Balaban J connectivity index is 2.55. The lowest BCUT2D eigenvalue weighted by Gasteiger charge is -2.14. The molecule has 0 fully saturated rings. The molecule has 0 saturated carbocycles. The van der Waals surface area contributed by atoms with Crippen LogP contribution in [0.4, 0.5) is 14.5 Å². The molecule has 0 radical (unpaired) electrons. The Hall–Kier alpha value is -1.21. The van der Waals surface area contributed by atoms with Crippen LogP contribution in [0.2, 0.25) is 0 Å². The smallest absolute Gasteiger partial charge is 0.239 e. The first-order chi connectivity index (χ1) is 8.93. The molecular formula is C12H15BrF2N2O2. The van der Waals surface area contributed by atoms with E-state index in [1.54, 1.807) is 6.92 Å². The van der Waals surface area contributed by atoms with Crippen molar-refractivity contribution in [3.05, 3.63) is 28.2 Å². The molecular weight excluding hydrogens is 322 g/mol. The predicted molar refractivity (Wildman–Crippen MR) is 72.0 cm³/mol. The Morgan fingerprint density at radius 1 is 1.47 bits per heavy atom. The number of anilines is 1. The van der Waals surface area contributed by atoms with Crippen LogP contribution in [0.15, 0.2) is 16.6 Å². The molecule has 7 heteroatoms. The SMILES string of the molecule is COCC(C)NC(=O)CNc1c(F)cc(F)cc1Br. The first-order valence-corrected chi connectivity index (χ1v) is 6.40. The maximum atomic E-state index is 13.5. The third-order valence-corrected chi connectivity index (χ3v) is 2.88. The summed E-state index contributed by atoms with van der Waals surface area (Å²) in [4.78, 5) is 11.6. The van der Waals surface area contributed by atoms with Crippen LogP contribution in [0.5, 0.6) is 0 Å². The van der Waals surface area contributed by atoms with Crippen LogP contribution < -0.4 is 10.6 Å². The van der Waals surface area contributed by atoms with Gasteiger partial charge in [0, 0.05) is 23.7 Å². The predicted octanol–water partition coefficient (Wildman–Crippen LogP) is 2.29. The molecule has 0 aliphatic rings. The van der Waals surface area contributed by atoms with Crippen molar-refractivity contribution in [1.82, 2.24) is 5.32 Å². The van der Waals surface area contributed by atoms with E-state index in [-0.39, 0.29) is 28.7 Å². The van der Waals surface area contributed by atoms with E-state index in [2.05, 4.69) is 26.6 Å². The van der Waals surface area contributed by atoms with E-state index in [1.807, 2.05) is 0 Å². The quantitative estimate of drug-likeness (QED) is 0.838. The number of carbonyl (C=O) groups excluding carboxylic acids is 1. The second-order valence-corrected chi connectivity index (χ2v) is 4.88. The second-order valence-electron chi connectivity index (χ2n) is 4.02. The van der Waals surface area contributed by atoms with Crippen molar-refractivity contribution in [3.8, 4) is 0 Å². The minimum atomic E-state index is -0.760. The van der Waals surface area contributed by atoms with E-state index in [1.165, 1.54) is 7.11 Å². The number of amides is 1. The monoisotopic (exact) mass is 336 g/mol. The number of benzene rings is 1. The number of hydrogen-bond donors (Lipinski definition) is 2. The van der Waals surface area contributed by atoms with Gasteiger partial charge in [0.25, 0.3) is 0 Å². The third-order valence-electron chi connectivity index (χ3n) is 2.26. The Kier molecular flexibility index (Phi) is 6.17. The first kappa shape index (κ1) is 15.8. The molecule has 0 saturated heterocycles. The van der Waals surface area contributed by atoms with Crippen LogP contribution in [0.3, 0.4) is 0 Å². The molecule has 106 valence electrons. The molecule has 19 heavy (non-hydrogen) atoms. The third kappa shape index (κ3) is 5.12. The minimum absolute atomic E-state index is 0.0518.